The maximum absolute atomic E-state index is 12.7. The third-order valence-corrected chi connectivity index (χ3v) is 7.83. The van der Waals surface area contributed by atoms with Crippen molar-refractivity contribution in [3.63, 3.8) is 0 Å². The van der Waals surface area contributed by atoms with Crippen molar-refractivity contribution < 1.29 is 13.2 Å². The summed E-state index contributed by atoms with van der Waals surface area (Å²) >= 11 is 1.56. The Labute approximate surface area is 182 Å². The summed E-state index contributed by atoms with van der Waals surface area (Å²) < 4.78 is 34.2. The van der Waals surface area contributed by atoms with Gasteiger partial charge in [0, 0.05) is 25.0 Å². The molecule has 0 saturated heterocycles. The molecule has 0 atom stereocenters. The van der Waals surface area contributed by atoms with Crippen LogP contribution in [-0.2, 0) is 16.6 Å². The van der Waals surface area contributed by atoms with Crippen molar-refractivity contribution in [1.82, 2.24) is 8.87 Å². The molecule has 1 aromatic heterocycles. The van der Waals surface area contributed by atoms with Gasteiger partial charge in [-0.15, -0.1) is 11.3 Å². The Hall–Kier alpha value is -2.42. The average molecular weight is 446 g/mol. The predicted octanol–water partition coefficient (Wildman–Crippen LogP) is 4.51. The summed E-state index contributed by atoms with van der Waals surface area (Å²) in [6.07, 6.45) is 0. The summed E-state index contributed by atoms with van der Waals surface area (Å²) in [5, 5.41) is 2.06. The van der Waals surface area contributed by atoms with E-state index in [1.54, 1.807) is 30.6 Å². The second-order valence-electron chi connectivity index (χ2n) is 6.57. The number of aromatic nitrogens is 1. The Bertz CT molecular complexity index is 1140. The van der Waals surface area contributed by atoms with Gasteiger partial charge in [-0.2, -0.15) is 4.31 Å². The molecule has 2 aromatic carbocycles. The lowest BCUT2D eigenvalue weighted by Crippen LogP contribution is -2.30. The molecule has 3 aromatic rings. The van der Waals surface area contributed by atoms with Gasteiger partial charge in [0.15, 0.2) is 4.80 Å². The molecule has 6 nitrogen and oxygen atoms in total. The molecule has 3 rings (SSSR count). The molecule has 0 aliphatic rings. The molecule has 0 fully saturated rings. The first-order chi connectivity index (χ1) is 14.4. The minimum atomic E-state index is -3.46. The third-order valence-electron chi connectivity index (χ3n) is 4.90. The molecule has 0 bridgehead atoms. The van der Waals surface area contributed by atoms with E-state index < -0.39 is 10.0 Å². The van der Waals surface area contributed by atoms with E-state index >= 15 is 0 Å². The molecule has 30 heavy (non-hydrogen) atoms. The monoisotopic (exact) mass is 445 g/mol. The molecule has 0 amide bonds. The Balaban J connectivity index is 1.96. The number of ether oxygens (including phenoxy) is 1. The summed E-state index contributed by atoms with van der Waals surface area (Å²) in [5.74, 6) is 0.795. The first-order valence-electron chi connectivity index (χ1n) is 9.92. The van der Waals surface area contributed by atoms with Gasteiger partial charge in [-0.3, -0.25) is 0 Å². The van der Waals surface area contributed by atoms with Crippen molar-refractivity contribution in [3.8, 4) is 17.0 Å². The number of rotatable bonds is 8. The van der Waals surface area contributed by atoms with E-state index in [2.05, 4.69) is 16.9 Å². The van der Waals surface area contributed by atoms with E-state index in [9.17, 15) is 8.42 Å². The van der Waals surface area contributed by atoms with E-state index in [1.807, 2.05) is 50.2 Å². The van der Waals surface area contributed by atoms with Gasteiger partial charge in [-0.1, -0.05) is 26.0 Å². The molecule has 0 aliphatic carbocycles. The summed E-state index contributed by atoms with van der Waals surface area (Å²) in [6.45, 7) is 7.43. The highest BCUT2D eigenvalue weighted by atomic mass is 32.2. The largest absolute Gasteiger partial charge is 0.497 e. The molecular formula is C22H27N3O3S2. The fraction of sp³-hybridized carbons (Fsp3) is 0.318. The Morgan fingerprint density at radius 2 is 1.63 bits per heavy atom. The van der Waals surface area contributed by atoms with Crippen LogP contribution in [0.3, 0.4) is 0 Å². The number of sulfonamides is 1. The van der Waals surface area contributed by atoms with Crippen LogP contribution < -0.4 is 9.54 Å². The summed E-state index contributed by atoms with van der Waals surface area (Å²) in [7, 11) is -1.82. The van der Waals surface area contributed by atoms with Gasteiger partial charge < -0.3 is 9.30 Å². The summed E-state index contributed by atoms with van der Waals surface area (Å²) in [6, 6.07) is 14.7. The zero-order valence-electron chi connectivity index (χ0n) is 17.7. The number of methoxy groups -OCH3 is 1. The quantitative estimate of drug-likeness (QED) is 0.512. The Kier molecular flexibility index (Phi) is 7.12. The third kappa shape index (κ3) is 4.50. The first-order valence-corrected chi connectivity index (χ1v) is 12.2. The molecule has 8 heteroatoms. The van der Waals surface area contributed by atoms with E-state index in [0.29, 0.717) is 18.0 Å². The van der Waals surface area contributed by atoms with Gasteiger partial charge in [0.1, 0.15) is 5.75 Å². The smallest absolute Gasteiger partial charge is 0.243 e. The van der Waals surface area contributed by atoms with Crippen LogP contribution in [0.1, 0.15) is 20.8 Å². The number of nitrogens with zero attached hydrogens (tertiary/aromatic N) is 3. The molecule has 0 N–H and O–H groups in total. The summed E-state index contributed by atoms with van der Waals surface area (Å²) in [4.78, 5) is 5.96. The minimum absolute atomic E-state index is 0.316. The molecule has 1 heterocycles. The van der Waals surface area contributed by atoms with Gasteiger partial charge in [0.2, 0.25) is 10.0 Å². The van der Waals surface area contributed by atoms with Gasteiger partial charge in [-0.05, 0) is 48.9 Å². The highest BCUT2D eigenvalue weighted by Crippen LogP contribution is 2.24. The minimum Gasteiger partial charge on any atom is -0.497 e. The molecule has 0 radical (unpaired) electrons. The number of hydrogen-bond donors (Lipinski definition) is 0. The van der Waals surface area contributed by atoms with E-state index in [4.69, 9.17) is 9.73 Å². The van der Waals surface area contributed by atoms with E-state index in [0.717, 1.165) is 34.0 Å². The van der Waals surface area contributed by atoms with Crippen molar-refractivity contribution in [2.45, 2.75) is 32.2 Å². The van der Waals surface area contributed by atoms with Crippen molar-refractivity contribution in [1.29, 1.82) is 0 Å². The van der Waals surface area contributed by atoms with Crippen LogP contribution >= 0.6 is 11.3 Å². The average Bonchev–Trinajstić information content (AvgIpc) is 3.17. The lowest BCUT2D eigenvalue weighted by atomic mass is 10.2. The fourth-order valence-electron chi connectivity index (χ4n) is 3.23. The fourth-order valence-corrected chi connectivity index (χ4v) is 5.68. The van der Waals surface area contributed by atoms with Crippen LogP contribution in [0.4, 0.5) is 5.69 Å². The van der Waals surface area contributed by atoms with E-state index in [1.165, 1.54) is 4.31 Å². The van der Waals surface area contributed by atoms with Crippen LogP contribution in [0.5, 0.6) is 5.75 Å². The van der Waals surface area contributed by atoms with Crippen LogP contribution in [0.2, 0.25) is 0 Å². The first kappa shape index (κ1) is 22.3. The molecule has 0 saturated carbocycles. The lowest BCUT2D eigenvalue weighted by molar-refractivity contribution is 0.415. The van der Waals surface area contributed by atoms with Crippen LogP contribution in [0.15, 0.2) is 63.8 Å². The van der Waals surface area contributed by atoms with E-state index in [-0.39, 0.29) is 0 Å². The van der Waals surface area contributed by atoms with Crippen molar-refractivity contribution in [2.24, 2.45) is 4.99 Å². The van der Waals surface area contributed by atoms with Crippen molar-refractivity contribution in [3.05, 3.63) is 58.7 Å². The van der Waals surface area contributed by atoms with Crippen LogP contribution in [-0.4, -0.2) is 37.5 Å². The Morgan fingerprint density at radius 3 is 2.17 bits per heavy atom. The van der Waals surface area contributed by atoms with Crippen LogP contribution in [0.25, 0.3) is 11.3 Å². The molecule has 0 spiro atoms. The molecule has 0 unspecified atom stereocenters. The van der Waals surface area contributed by atoms with Gasteiger partial charge in [-0.25, -0.2) is 13.4 Å². The number of thiazole rings is 1. The van der Waals surface area contributed by atoms with Gasteiger partial charge in [0.05, 0.1) is 23.4 Å². The zero-order valence-corrected chi connectivity index (χ0v) is 19.3. The normalized spacial score (nSPS) is 12.5. The SMILES string of the molecule is CCN(CC)S(=O)(=O)c1ccc(-c2csc(=Nc3ccc(OC)cc3)n2CC)cc1. The predicted molar refractivity (Wildman–Crippen MR) is 122 cm³/mol. The lowest BCUT2D eigenvalue weighted by Gasteiger charge is -2.18. The maximum Gasteiger partial charge on any atom is 0.243 e. The highest BCUT2D eigenvalue weighted by molar-refractivity contribution is 7.89. The number of benzene rings is 2. The molecular weight excluding hydrogens is 418 g/mol. The topological polar surface area (TPSA) is 63.9 Å². The van der Waals surface area contributed by atoms with Gasteiger partial charge >= 0.3 is 0 Å². The van der Waals surface area contributed by atoms with Crippen molar-refractivity contribution >= 4 is 27.0 Å². The molecule has 0 aliphatic heterocycles. The number of hydrogen-bond acceptors (Lipinski definition) is 5. The standard InChI is InChI=1S/C22H27N3O3S2/c1-5-24(6-2)30(26,27)20-14-8-17(9-15-20)21-16-29-22(25(21)7-3)23-18-10-12-19(28-4)13-11-18/h8-16H,5-7H2,1-4H3. The second-order valence-corrected chi connectivity index (χ2v) is 9.35. The molecule has 160 valence electrons. The zero-order chi connectivity index (χ0) is 21.7. The second kappa shape index (κ2) is 9.59. The Morgan fingerprint density at radius 1 is 1.00 bits per heavy atom. The van der Waals surface area contributed by atoms with Crippen molar-refractivity contribution in [2.75, 3.05) is 20.2 Å². The van der Waals surface area contributed by atoms with Gasteiger partial charge in [0.25, 0.3) is 0 Å². The highest BCUT2D eigenvalue weighted by Gasteiger charge is 2.21. The maximum atomic E-state index is 12.7. The summed E-state index contributed by atoms with van der Waals surface area (Å²) in [5.41, 5.74) is 2.83. The van der Waals surface area contributed by atoms with Crippen LogP contribution in [0, 0.1) is 0 Å².